The van der Waals surface area contributed by atoms with E-state index in [2.05, 4.69) is 9.97 Å². The number of furan rings is 1. The van der Waals surface area contributed by atoms with Gasteiger partial charge in [-0.05, 0) is 24.3 Å². The first kappa shape index (κ1) is 10.6. The zero-order chi connectivity index (χ0) is 12.5. The molecule has 0 aliphatic rings. The molecule has 5 heteroatoms. The quantitative estimate of drug-likeness (QED) is 0.747. The number of fused-ring (bicyclic) bond motifs is 1. The molecule has 18 heavy (non-hydrogen) atoms. The van der Waals surface area contributed by atoms with Crippen molar-refractivity contribution in [3.63, 3.8) is 0 Å². The van der Waals surface area contributed by atoms with Crippen molar-refractivity contribution in [2.45, 2.75) is 0 Å². The van der Waals surface area contributed by atoms with E-state index in [0.717, 1.165) is 0 Å². The van der Waals surface area contributed by atoms with E-state index in [1.54, 1.807) is 37.4 Å². The van der Waals surface area contributed by atoms with Crippen molar-refractivity contribution in [2.24, 2.45) is 0 Å². The summed E-state index contributed by atoms with van der Waals surface area (Å²) in [4.78, 5) is 19.0. The van der Waals surface area contributed by atoms with Crippen LogP contribution in [-0.2, 0) is 0 Å². The van der Waals surface area contributed by atoms with Crippen LogP contribution in [0.15, 0.2) is 45.8 Å². The molecule has 0 aliphatic heterocycles. The summed E-state index contributed by atoms with van der Waals surface area (Å²) in [6.07, 6.45) is 1.53. The molecule has 5 nitrogen and oxygen atoms in total. The number of hydrogen-bond acceptors (Lipinski definition) is 4. The van der Waals surface area contributed by atoms with Gasteiger partial charge in [-0.25, -0.2) is 4.98 Å². The molecule has 0 atom stereocenters. The van der Waals surface area contributed by atoms with E-state index < -0.39 is 0 Å². The van der Waals surface area contributed by atoms with Crippen molar-refractivity contribution in [1.82, 2.24) is 9.97 Å². The zero-order valence-corrected chi connectivity index (χ0v) is 9.64. The summed E-state index contributed by atoms with van der Waals surface area (Å²) in [5.41, 5.74) is 0.306. The van der Waals surface area contributed by atoms with Crippen LogP contribution in [0.3, 0.4) is 0 Å². The number of aromatic amines is 1. The van der Waals surface area contributed by atoms with Crippen LogP contribution in [0.1, 0.15) is 0 Å². The van der Waals surface area contributed by atoms with E-state index >= 15 is 0 Å². The number of nitrogens with one attached hydrogen (secondary N) is 1. The zero-order valence-electron chi connectivity index (χ0n) is 9.64. The van der Waals surface area contributed by atoms with Gasteiger partial charge >= 0.3 is 0 Å². The highest BCUT2D eigenvalue weighted by atomic mass is 16.5. The molecule has 0 fully saturated rings. The van der Waals surface area contributed by atoms with Gasteiger partial charge in [0.05, 0.1) is 18.8 Å². The third-order valence-electron chi connectivity index (χ3n) is 2.67. The average molecular weight is 242 g/mol. The normalized spacial score (nSPS) is 10.7. The smallest absolute Gasteiger partial charge is 0.259 e. The maximum Gasteiger partial charge on any atom is 0.259 e. The van der Waals surface area contributed by atoms with Crippen LogP contribution in [0.25, 0.3) is 22.5 Å². The summed E-state index contributed by atoms with van der Waals surface area (Å²) < 4.78 is 10.4. The second-order valence-corrected chi connectivity index (χ2v) is 3.75. The molecule has 0 aliphatic carbocycles. The average Bonchev–Trinajstić information content (AvgIpc) is 2.92. The van der Waals surface area contributed by atoms with Gasteiger partial charge in [-0.1, -0.05) is 6.07 Å². The Bertz CT molecular complexity index is 745. The number of nitrogens with zero attached hydrogens (tertiary/aromatic N) is 1. The molecule has 0 spiro atoms. The van der Waals surface area contributed by atoms with Crippen LogP contribution >= 0.6 is 0 Å². The lowest BCUT2D eigenvalue weighted by molar-refractivity contribution is 0.419. The van der Waals surface area contributed by atoms with Gasteiger partial charge in [0.25, 0.3) is 5.56 Å². The van der Waals surface area contributed by atoms with Gasteiger partial charge in [0.1, 0.15) is 11.3 Å². The van der Waals surface area contributed by atoms with Gasteiger partial charge in [0.15, 0.2) is 11.6 Å². The van der Waals surface area contributed by atoms with Crippen LogP contribution in [0.2, 0.25) is 0 Å². The van der Waals surface area contributed by atoms with Crippen molar-refractivity contribution in [3.05, 3.63) is 46.9 Å². The van der Waals surface area contributed by atoms with Crippen molar-refractivity contribution < 1.29 is 9.15 Å². The van der Waals surface area contributed by atoms with Crippen LogP contribution in [0.5, 0.6) is 5.75 Å². The van der Waals surface area contributed by atoms with Crippen molar-refractivity contribution in [3.8, 4) is 17.3 Å². The van der Waals surface area contributed by atoms with Crippen LogP contribution in [0, 0.1) is 0 Å². The minimum atomic E-state index is -0.217. The molecule has 3 rings (SSSR count). The number of hydrogen-bond donors (Lipinski definition) is 1. The van der Waals surface area contributed by atoms with Crippen LogP contribution in [-0.4, -0.2) is 17.1 Å². The van der Waals surface area contributed by atoms with E-state index in [9.17, 15) is 4.79 Å². The summed E-state index contributed by atoms with van der Waals surface area (Å²) in [5.74, 6) is 1.47. The van der Waals surface area contributed by atoms with E-state index in [1.165, 1.54) is 6.26 Å². The fourth-order valence-electron chi connectivity index (χ4n) is 1.83. The molecule has 0 saturated carbocycles. The monoisotopic (exact) mass is 242 g/mol. The Hall–Kier alpha value is -2.56. The first-order valence-electron chi connectivity index (χ1n) is 5.40. The van der Waals surface area contributed by atoms with Crippen LogP contribution < -0.4 is 10.3 Å². The highest BCUT2D eigenvalue weighted by Gasteiger charge is 2.10. The predicted octanol–water partition coefficient (Wildman–Crippen LogP) is 2.19. The van der Waals surface area contributed by atoms with Crippen molar-refractivity contribution >= 4 is 10.9 Å². The molecule has 90 valence electrons. The Morgan fingerprint density at radius 1 is 1.28 bits per heavy atom. The Morgan fingerprint density at radius 2 is 2.17 bits per heavy atom. The maximum atomic E-state index is 12.0. The summed E-state index contributed by atoms with van der Waals surface area (Å²) >= 11 is 0. The highest BCUT2D eigenvalue weighted by Crippen LogP contribution is 2.23. The van der Waals surface area contributed by atoms with E-state index in [4.69, 9.17) is 9.15 Å². The molecule has 0 saturated heterocycles. The third-order valence-corrected chi connectivity index (χ3v) is 2.67. The molecule has 3 aromatic rings. The lowest BCUT2D eigenvalue weighted by Gasteiger charge is -2.05. The maximum absolute atomic E-state index is 12.0. The highest BCUT2D eigenvalue weighted by molar-refractivity contribution is 5.84. The molecule has 0 unspecified atom stereocenters. The van der Waals surface area contributed by atoms with Gasteiger partial charge in [-0.2, -0.15) is 0 Å². The molecule has 2 heterocycles. The van der Waals surface area contributed by atoms with E-state index in [-0.39, 0.29) is 5.56 Å². The van der Waals surface area contributed by atoms with Gasteiger partial charge in [0, 0.05) is 0 Å². The fraction of sp³-hybridized carbons (Fsp3) is 0.0769. The van der Waals surface area contributed by atoms with Gasteiger partial charge in [0.2, 0.25) is 0 Å². The number of rotatable bonds is 2. The van der Waals surface area contributed by atoms with Gasteiger partial charge < -0.3 is 14.1 Å². The summed E-state index contributed by atoms with van der Waals surface area (Å²) in [7, 11) is 1.55. The number of ether oxygens (including phenoxy) is 1. The molecule has 0 bridgehead atoms. The summed E-state index contributed by atoms with van der Waals surface area (Å²) in [6.45, 7) is 0. The van der Waals surface area contributed by atoms with Gasteiger partial charge in [-0.15, -0.1) is 0 Å². The molecule has 2 aromatic heterocycles. The standard InChI is InChI=1S/C13H10N2O3/c1-17-9-5-2-4-8-11(9)14-12(15-13(8)16)10-6-3-7-18-10/h2-7H,1H3,(H,14,15,16). The Kier molecular flexibility index (Phi) is 2.37. The Balaban J connectivity index is 2.35. The second kappa shape index (κ2) is 4.03. The van der Waals surface area contributed by atoms with E-state index in [0.29, 0.717) is 28.2 Å². The van der Waals surface area contributed by atoms with Crippen LogP contribution in [0.4, 0.5) is 0 Å². The first-order chi connectivity index (χ1) is 8.79. The minimum Gasteiger partial charge on any atom is -0.494 e. The number of para-hydroxylation sites is 1. The van der Waals surface area contributed by atoms with Crippen molar-refractivity contribution in [1.29, 1.82) is 0 Å². The SMILES string of the molecule is COc1cccc2c(=O)[nH]c(-c3ccco3)nc12. The third kappa shape index (κ3) is 1.57. The number of methoxy groups -OCH3 is 1. The molecule has 0 amide bonds. The molecule has 0 radical (unpaired) electrons. The summed E-state index contributed by atoms with van der Waals surface area (Å²) in [6, 6.07) is 8.70. The topological polar surface area (TPSA) is 68.1 Å². The first-order valence-corrected chi connectivity index (χ1v) is 5.40. The molecule has 1 N–H and O–H groups in total. The minimum absolute atomic E-state index is 0.217. The number of benzene rings is 1. The predicted molar refractivity (Wildman–Crippen MR) is 66.6 cm³/mol. The lowest BCUT2D eigenvalue weighted by atomic mass is 10.2. The molecular weight excluding hydrogens is 232 g/mol. The Morgan fingerprint density at radius 3 is 2.89 bits per heavy atom. The van der Waals surface area contributed by atoms with E-state index in [1.807, 2.05) is 0 Å². The van der Waals surface area contributed by atoms with Crippen molar-refractivity contribution in [2.75, 3.05) is 7.11 Å². The fourth-order valence-corrected chi connectivity index (χ4v) is 1.83. The summed E-state index contributed by atoms with van der Waals surface area (Å²) in [5, 5.41) is 0.490. The number of H-pyrrole nitrogens is 1. The second-order valence-electron chi connectivity index (χ2n) is 3.75. The lowest BCUT2D eigenvalue weighted by Crippen LogP contribution is -2.09. The van der Waals surface area contributed by atoms with Gasteiger partial charge in [-0.3, -0.25) is 4.79 Å². The number of aromatic nitrogens is 2. The molecule has 1 aromatic carbocycles. The molecular formula is C13H10N2O3. The Labute approximate surface area is 102 Å². The largest absolute Gasteiger partial charge is 0.494 e.